The number of hydrogen-bond donors (Lipinski definition) is 2. The Bertz CT molecular complexity index is 814. The minimum Gasteiger partial charge on any atom is -0.352 e. The molecular formula is C18H23IN6S. The molecule has 0 radical (unpaired) electrons. The van der Waals surface area contributed by atoms with Gasteiger partial charge in [-0.1, -0.05) is 30.3 Å². The highest BCUT2D eigenvalue weighted by Crippen LogP contribution is 2.07. The summed E-state index contributed by atoms with van der Waals surface area (Å²) in [7, 11) is 1.96. The monoisotopic (exact) mass is 482 g/mol. The van der Waals surface area contributed by atoms with Crippen LogP contribution in [0.3, 0.4) is 0 Å². The number of halogens is 1. The molecule has 0 unspecified atom stereocenters. The van der Waals surface area contributed by atoms with Crippen molar-refractivity contribution in [3.8, 4) is 0 Å². The highest BCUT2D eigenvalue weighted by molar-refractivity contribution is 14.0. The summed E-state index contributed by atoms with van der Waals surface area (Å²) in [6, 6.07) is 12.4. The highest BCUT2D eigenvalue weighted by Gasteiger charge is 2.06. The average Bonchev–Trinajstić information content (AvgIpc) is 3.27. The summed E-state index contributed by atoms with van der Waals surface area (Å²) in [6.45, 7) is 3.87. The van der Waals surface area contributed by atoms with Gasteiger partial charge in [0.25, 0.3) is 0 Å². The number of rotatable bonds is 6. The Morgan fingerprint density at radius 3 is 2.50 bits per heavy atom. The number of aliphatic imine (C=N–C) groups is 1. The first-order valence-corrected chi connectivity index (χ1v) is 9.08. The predicted octanol–water partition coefficient (Wildman–Crippen LogP) is 3.24. The van der Waals surface area contributed by atoms with Crippen LogP contribution < -0.4 is 10.6 Å². The van der Waals surface area contributed by atoms with E-state index in [1.165, 1.54) is 11.1 Å². The van der Waals surface area contributed by atoms with Gasteiger partial charge >= 0.3 is 0 Å². The molecule has 1 aromatic carbocycles. The van der Waals surface area contributed by atoms with Crippen LogP contribution in [0.25, 0.3) is 0 Å². The molecule has 2 N–H and O–H groups in total. The van der Waals surface area contributed by atoms with E-state index in [-0.39, 0.29) is 24.0 Å². The Kier molecular flexibility index (Phi) is 8.05. The van der Waals surface area contributed by atoms with E-state index < -0.39 is 0 Å². The molecule has 2 aromatic heterocycles. The van der Waals surface area contributed by atoms with Crippen LogP contribution in [-0.4, -0.2) is 20.7 Å². The van der Waals surface area contributed by atoms with Crippen molar-refractivity contribution in [2.24, 2.45) is 12.0 Å². The van der Waals surface area contributed by atoms with Crippen molar-refractivity contribution in [3.05, 3.63) is 69.9 Å². The van der Waals surface area contributed by atoms with Crippen molar-refractivity contribution >= 4 is 41.3 Å². The predicted molar refractivity (Wildman–Crippen MR) is 117 cm³/mol. The van der Waals surface area contributed by atoms with Gasteiger partial charge in [0.15, 0.2) is 11.8 Å². The molecule has 8 heteroatoms. The Labute approximate surface area is 174 Å². The molecule has 0 amide bonds. The fourth-order valence-corrected chi connectivity index (χ4v) is 2.94. The van der Waals surface area contributed by atoms with Gasteiger partial charge in [0.1, 0.15) is 5.82 Å². The van der Waals surface area contributed by atoms with Crippen LogP contribution in [0.4, 0.5) is 0 Å². The fourth-order valence-electron chi connectivity index (χ4n) is 2.28. The second-order valence-corrected chi connectivity index (χ2v) is 6.49. The van der Waals surface area contributed by atoms with E-state index >= 15 is 0 Å². The summed E-state index contributed by atoms with van der Waals surface area (Å²) < 4.78 is 1.97. The maximum atomic E-state index is 4.68. The molecule has 2 heterocycles. The molecular weight excluding hydrogens is 459 g/mol. The van der Waals surface area contributed by atoms with Crippen LogP contribution in [0.5, 0.6) is 0 Å². The van der Waals surface area contributed by atoms with E-state index in [1.54, 1.807) is 11.3 Å². The molecule has 138 valence electrons. The molecule has 26 heavy (non-hydrogen) atoms. The van der Waals surface area contributed by atoms with Gasteiger partial charge in [0.2, 0.25) is 0 Å². The number of nitrogens with one attached hydrogen (secondary N) is 2. The Morgan fingerprint density at radius 1 is 1.08 bits per heavy atom. The molecule has 0 atom stereocenters. The van der Waals surface area contributed by atoms with Crippen LogP contribution in [0.2, 0.25) is 0 Å². The van der Waals surface area contributed by atoms with Crippen molar-refractivity contribution in [1.29, 1.82) is 0 Å². The van der Waals surface area contributed by atoms with E-state index in [4.69, 9.17) is 0 Å². The van der Waals surface area contributed by atoms with Crippen molar-refractivity contribution in [2.75, 3.05) is 0 Å². The topological polar surface area (TPSA) is 67.1 Å². The Balaban J connectivity index is 0.00000243. The van der Waals surface area contributed by atoms with Crippen LogP contribution in [0, 0.1) is 6.92 Å². The van der Waals surface area contributed by atoms with Crippen molar-refractivity contribution in [3.63, 3.8) is 0 Å². The van der Waals surface area contributed by atoms with Crippen molar-refractivity contribution in [1.82, 2.24) is 25.4 Å². The van der Waals surface area contributed by atoms with Gasteiger partial charge < -0.3 is 15.2 Å². The number of aryl methyl sites for hydroxylation is 1. The lowest BCUT2D eigenvalue weighted by Crippen LogP contribution is -2.37. The van der Waals surface area contributed by atoms with E-state index in [0.717, 1.165) is 17.6 Å². The molecule has 0 saturated carbocycles. The van der Waals surface area contributed by atoms with Crippen LogP contribution in [-0.2, 0) is 26.7 Å². The maximum absolute atomic E-state index is 4.68. The summed E-state index contributed by atoms with van der Waals surface area (Å²) in [4.78, 5) is 4.68. The fraction of sp³-hybridized carbons (Fsp3) is 0.278. The molecule has 6 nitrogen and oxygen atoms in total. The van der Waals surface area contributed by atoms with Crippen molar-refractivity contribution in [2.45, 2.75) is 26.6 Å². The SMILES string of the molecule is Cc1nnc(CNC(=NCc2ccsc2)NCc2ccccc2)n1C.I. The van der Waals surface area contributed by atoms with Gasteiger partial charge in [-0.15, -0.1) is 34.2 Å². The van der Waals surface area contributed by atoms with Gasteiger partial charge in [0.05, 0.1) is 13.1 Å². The van der Waals surface area contributed by atoms with E-state index in [2.05, 4.69) is 54.8 Å². The molecule has 0 saturated heterocycles. The summed E-state index contributed by atoms with van der Waals surface area (Å²) in [5.74, 6) is 2.53. The van der Waals surface area contributed by atoms with Gasteiger partial charge in [-0.2, -0.15) is 11.3 Å². The van der Waals surface area contributed by atoms with Gasteiger partial charge in [-0.05, 0) is 34.9 Å². The quantitative estimate of drug-likeness (QED) is 0.322. The molecule has 0 aliphatic rings. The molecule has 0 spiro atoms. The van der Waals surface area contributed by atoms with Gasteiger partial charge in [0, 0.05) is 13.6 Å². The summed E-state index contributed by atoms with van der Waals surface area (Å²) in [6.07, 6.45) is 0. The second kappa shape index (κ2) is 10.3. The Hall–Kier alpha value is -1.94. The van der Waals surface area contributed by atoms with Gasteiger partial charge in [-0.3, -0.25) is 0 Å². The Morgan fingerprint density at radius 2 is 1.85 bits per heavy atom. The van der Waals surface area contributed by atoms with Crippen LogP contribution in [0.15, 0.2) is 52.2 Å². The maximum Gasteiger partial charge on any atom is 0.192 e. The van der Waals surface area contributed by atoms with Crippen LogP contribution >= 0.6 is 35.3 Å². The first-order chi connectivity index (χ1) is 12.2. The normalized spacial score (nSPS) is 11.1. The number of nitrogens with zero attached hydrogens (tertiary/aromatic N) is 4. The first-order valence-electron chi connectivity index (χ1n) is 8.14. The lowest BCUT2D eigenvalue weighted by Gasteiger charge is -2.12. The molecule has 3 rings (SSSR count). The number of hydrogen-bond acceptors (Lipinski definition) is 4. The molecule has 0 fully saturated rings. The molecule has 0 aliphatic carbocycles. The molecule has 3 aromatic rings. The number of guanidine groups is 1. The number of thiophene rings is 1. The minimum absolute atomic E-state index is 0. The zero-order chi connectivity index (χ0) is 17.5. The standard InChI is InChI=1S/C18H22N6S.HI/c1-14-22-23-17(24(14)2)12-21-18(20-11-16-8-9-25-13-16)19-10-15-6-4-3-5-7-15;/h3-9,13H,10-12H2,1-2H3,(H2,19,20,21);1H. The molecule has 0 bridgehead atoms. The smallest absolute Gasteiger partial charge is 0.192 e. The zero-order valence-corrected chi connectivity index (χ0v) is 18.0. The summed E-state index contributed by atoms with van der Waals surface area (Å²) >= 11 is 1.68. The number of aromatic nitrogens is 3. The second-order valence-electron chi connectivity index (χ2n) is 5.71. The number of benzene rings is 1. The van der Waals surface area contributed by atoms with E-state index in [1.807, 2.05) is 36.7 Å². The lowest BCUT2D eigenvalue weighted by atomic mass is 10.2. The molecule has 0 aliphatic heterocycles. The minimum atomic E-state index is 0. The van der Waals surface area contributed by atoms with Crippen molar-refractivity contribution < 1.29 is 0 Å². The third-order valence-corrected chi connectivity index (χ3v) is 4.63. The highest BCUT2D eigenvalue weighted by atomic mass is 127. The first kappa shape index (κ1) is 20.4. The lowest BCUT2D eigenvalue weighted by molar-refractivity contribution is 0.714. The summed E-state index contributed by atoms with van der Waals surface area (Å²) in [5.41, 5.74) is 2.42. The van der Waals surface area contributed by atoms with Crippen LogP contribution in [0.1, 0.15) is 22.8 Å². The zero-order valence-electron chi connectivity index (χ0n) is 14.8. The van der Waals surface area contributed by atoms with E-state index in [0.29, 0.717) is 19.6 Å². The third-order valence-electron chi connectivity index (χ3n) is 3.90. The largest absolute Gasteiger partial charge is 0.352 e. The average molecular weight is 482 g/mol. The van der Waals surface area contributed by atoms with Gasteiger partial charge in [-0.25, -0.2) is 4.99 Å². The third kappa shape index (κ3) is 5.80. The van der Waals surface area contributed by atoms with E-state index in [9.17, 15) is 0 Å². The summed E-state index contributed by atoms with van der Waals surface area (Å²) in [5, 5.41) is 19.2.